The Morgan fingerprint density at radius 1 is 1.40 bits per heavy atom. The first kappa shape index (κ1) is 13.3. The minimum atomic E-state index is -0.0609. The summed E-state index contributed by atoms with van der Waals surface area (Å²) in [4.78, 5) is 16.5. The summed E-state index contributed by atoms with van der Waals surface area (Å²) in [6.45, 7) is 1.83. The van der Waals surface area contributed by atoms with Crippen LogP contribution in [0.5, 0.6) is 0 Å². The highest BCUT2D eigenvalue weighted by atomic mass is 32.1. The van der Waals surface area contributed by atoms with Gasteiger partial charge in [0.05, 0.1) is 5.01 Å². The maximum absolute atomic E-state index is 12.1. The molecule has 1 aromatic carbocycles. The molecule has 1 unspecified atom stereocenters. The van der Waals surface area contributed by atoms with Crippen LogP contribution in [0.25, 0.3) is 0 Å². The van der Waals surface area contributed by atoms with Crippen LogP contribution in [-0.4, -0.2) is 30.0 Å². The van der Waals surface area contributed by atoms with Crippen molar-refractivity contribution in [1.29, 1.82) is 0 Å². The third kappa shape index (κ3) is 3.23. The number of nitrogens with zero attached hydrogens (tertiary/aromatic N) is 1. The fraction of sp³-hybridized carbons (Fsp3) is 0.333. The molecule has 1 atom stereocenters. The molecule has 1 fully saturated rings. The molecule has 3 rings (SSSR count). The zero-order chi connectivity index (χ0) is 13.8. The average molecular weight is 287 g/mol. The van der Waals surface area contributed by atoms with Crippen molar-refractivity contribution in [2.75, 3.05) is 13.1 Å². The highest BCUT2D eigenvalue weighted by Gasteiger charge is 2.19. The molecule has 2 aromatic rings. The first-order valence-corrected chi connectivity index (χ1v) is 7.69. The predicted molar refractivity (Wildman–Crippen MR) is 80.1 cm³/mol. The van der Waals surface area contributed by atoms with Gasteiger partial charge in [-0.05, 0) is 18.5 Å². The number of nitrogens with one attached hydrogen (secondary N) is 2. The van der Waals surface area contributed by atoms with Crippen molar-refractivity contribution in [2.24, 2.45) is 0 Å². The Morgan fingerprint density at radius 3 is 3.00 bits per heavy atom. The normalized spacial score (nSPS) is 18.1. The van der Waals surface area contributed by atoms with Crippen molar-refractivity contribution in [2.45, 2.75) is 18.9 Å². The fourth-order valence-electron chi connectivity index (χ4n) is 2.30. The van der Waals surface area contributed by atoms with Gasteiger partial charge >= 0.3 is 0 Å². The first-order chi connectivity index (χ1) is 9.81. The van der Waals surface area contributed by atoms with Crippen LogP contribution in [0.15, 0.2) is 35.7 Å². The number of amides is 1. The van der Waals surface area contributed by atoms with Gasteiger partial charge in [-0.1, -0.05) is 30.3 Å². The smallest absolute Gasteiger partial charge is 0.271 e. The summed E-state index contributed by atoms with van der Waals surface area (Å²) in [6, 6.07) is 10.4. The Labute approximate surface area is 122 Å². The number of carbonyl (C=O) groups excluding carboxylic acids is 1. The molecule has 104 valence electrons. The van der Waals surface area contributed by atoms with Crippen LogP contribution < -0.4 is 10.6 Å². The Hall–Kier alpha value is -1.72. The van der Waals surface area contributed by atoms with E-state index in [1.165, 1.54) is 5.56 Å². The molecule has 20 heavy (non-hydrogen) atoms. The lowest BCUT2D eigenvalue weighted by molar-refractivity contribution is 0.0935. The number of thiazole rings is 1. The van der Waals surface area contributed by atoms with Crippen molar-refractivity contribution in [3.8, 4) is 0 Å². The molecule has 2 heterocycles. The molecule has 1 amide bonds. The SMILES string of the molecule is O=C(NC1CCNC1)c1csc(Cc2ccccc2)n1. The molecule has 1 aromatic heterocycles. The van der Waals surface area contributed by atoms with Crippen LogP contribution >= 0.6 is 11.3 Å². The summed E-state index contributed by atoms with van der Waals surface area (Å²) in [5.41, 5.74) is 1.75. The van der Waals surface area contributed by atoms with Crippen LogP contribution in [0.4, 0.5) is 0 Å². The minimum absolute atomic E-state index is 0.0609. The monoisotopic (exact) mass is 287 g/mol. The zero-order valence-corrected chi connectivity index (χ0v) is 12.0. The molecule has 0 saturated carbocycles. The number of rotatable bonds is 4. The van der Waals surface area contributed by atoms with E-state index in [4.69, 9.17) is 0 Å². The van der Waals surface area contributed by atoms with Gasteiger partial charge in [-0.3, -0.25) is 4.79 Å². The minimum Gasteiger partial charge on any atom is -0.347 e. The van der Waals surface area contributed by atoms with E-state index in [9.17, 15) is 4.79 Å². The first-order valence-electron chi connectivity index (χ1n) is 6.81. The molecule has 2 N–H and O–H groups in total. The van der Waals surface area contributed by atoms with Crippen LogP contribution in [0.2, 0.25) is 0 Å². The molecule has 1 aliphatic heterocycles. The van der Waals surface area contributed by atoms with E-state index in [0.717, 1.165) is 30.9 Å². The second kappa shape index (κ2) is 6.15. The van der Waals surface area contributed by atoms with E-state index in [2.05, 4.69) is 27.8 Å². The summed E-state index contributed by atoms with van der Waals surface area (Å²) in [5.74, 6) is -0.0609. The lowest BCUT2D eigenvalue weighted by Crippen LogP contribution is -2.36. The maximum Gasteiger partial charge on any atom is 0.271 e. The second-order valence-corrected chi connectivity index (χ2v) is 5.89. The summed E-state index contributed by atoms with van der Waals surface area (Å²) in [6.07, 6.45) is 1.77. The van der Waals surface area contributed by atoms with Gasteiger partial charge in [0.2, 0.25) is 0 Å². The van der Waals surface area contributed by atoms with Crippen LogP contribution in [-0.2, 0) is 6.42 Å². The Kier molecular flexibility index (Phi) is 4.08. The average Bonchev–Trinajstić information content (AvgIpc) is 3.11. The van der Waals surface area contributed by atoms with Gasteiger partial charge < -0.3 is 10.6 Å². The largest absolute Gasteiger partial charge is 0.347 e. The summed E-state index contributed by atoms with van der Waals surface area (Å²) in [7, 11) is 0. The van der Waals surface area contributed by atoms with E-state index in [1.54, 1.807) is 11.3 Å². The zero-order valence-electron chi connectivity index (χ0n) is 11.1. The summed E-state index contributed by atoms with van der Waals surface area (Å²) in [5, 5.41) is 9.07. The van der Waals surface area contributed by atoms with E-state index in [-0.39, 0.29) is 11.9 Å². The van der Waals surface area contributed by atoms with Gasteiger partial charge in [-0.15, -0.1) is 11.3 Å². The standard InChI is InChI=1S/C15H17N3OS/c19-15(17-12-6-7-16-9-12)13-10-20-14(18-13)8-11-4-2-1-3-5-11/h1-5,10,12,16H,6-9H2,(H,17,19). The molecular formula is C15H17N3OS. The molecule has 0 aliphatic carbocycles. The summed E-state index contributed by atoms with van der Waals surface area (Å²) >= 11 is 1.54. The third-order valence-corrected chi connectivity index (χ3v) is 4.23. The van der Waals surface area contributed by atoms with Gasteiger partial charge in [0, 0.05) is 24.4 Å². The fourth-order valence-corrected chi connectivity index (χ4v) is 3.11. The van der Waals surface area contributed by atoms with Crippen molar-refractivity contribution < 1.29 is 4.79 Å². The molecule has 1 aliphatic rings. The van der Waals surface area contributed by atoms with Crippen molar-refractivity contribution >= 4 is 17.2 Å². The van der Waals surface area contributed by atoms with E-state index < -0.39 is 0 Å². The van der Waals surface area contributed by atoms with Crippen LogP contribution in [0, 0.1) is 0 Å². The van der Waals surface area contributed by atoms with Gasteiger partial charge in [0.25, 0.3) is 5.91 Å². The Morgan fingerprint density at radius 2 is 2.25 bits per heavy atom. The Balaban J connectivity index is 1.62. The van der Waals surface area contributed by atoms with E-state index >= 15 is 0 Å². The molecule has 0 spiro atoms. The van der Waals surface area contributed by atoms with Gasteiger partial charge in [0.15, 0.2) is 0 Å². The van der Waals surface area contributed by atoms with Crippen LogP contribution in [0.1, 0.15) is 27.5 Å². The highest BCUT2D eigenvalue weighted by Crippen LogP contribution is 2.15. The van der Waals surface area contributed by atoms with Crippen LogP contribution in [0.3, 0.4) is 0 Å². The Bertz CT molecular complexity index is 576. The van der Waals surface area contributed by atoms with Crippen molar-refractivity contribution in [1.82, 2.24) is 15.6 Å². The topological polar surface area (TPSA) is 54.0 Å². The number of hydrogen-bond donors (Lipinski definition) is 2. The molecule has 0 radical (unpaired) electrons. The summed E-state index contributed by atoms with van der Waals surface area (Å²) < 4.78 is 0. The van der Waals surface area contributed by atoms with Gasteiger partial charge in [-0.25, -0.2) is 4.98 Å². The number of benzene rings is 1. The molecular weight excluding hydrogens is 270 g/mol. The number of hydrogen-bond acceptors (Lipinski definition) is 4. The van der Waals surface area contributed by atoms with E-state index in [1.807, 2.05) is 23.6 Å². The molecule has 0 bridgehead atoms. The lowest BCUT2D eigenvalue weighted by Gasteiger charge is -2.09. The quantitative estimate of drug-likeness (QED) is 0.902. The van der Waals surface area contributed by atoms with Gasteiger partial charge in [-0.2, -0.15) is 0 Å². The number of carbonyl (C=O) groups is 1. The second-order valence-electron chi connectivity index (χ2n) is 4.95. The van der Waals surface area contributed by atoms with Gasteiger partial charge in [0.1, 0.15) is 5.69 Å². The predicted octanol–water partition coefficient (Wildman–Crippen LogP) is 1.83. The maximum atomic E-state index is 12.1. The number of aromatic nitrogens is 1. The van der Waals surface area contributed by atoms with Crippen molar-refractivity contribution in [3.63, 3.8) is 0 Å². The van der Waals surface area contributed by atoms with E-state index in [0.29, 0.717) is 5.69 Å². The highest BCUT2D eigenvalue weighted by molar-refractivity contribution is 7.09. The third-order valence-electron chi connectivity index (χ3n) is 3.38. The molecule has 4 nitrogen and oxygen atoms in total. The van der Waals surface area contributed by atoms with Crippen molar-refractivity contribution in [3.05, 3.63) is 52.0 Å². The lowest BCUT2D eigenvalue weighted by atomic mass is 10.2. The molecule has 5 heteroatoms. The molecule has 1 saturated heterocycles.